The largest absolute Gasteiger partial charge is 0.481 e. The van der Waals surface area contributed by atoms with E-state index in [2.05, 4.69) is 13.8 Å². The molecule has 158 valence electrons. The molecule has 5 saturated carbocycles. The molecule has 28 heavy (non-hydrogen) atoms. The molecule has 5 rings (SSSR count). The number of aliphatic hydroxyl groups is 2. The zero-order valence-electron chi connectivity index (χ0n) is 17.5. The van der Waals surface area contributed by atoms with Crippen LogP contribution in [0.1, 0.15) is 78.1 Å². The first-order valence-electron chi connectivity index (χ1n) is 11.9. The van der Waals surface area contributed by atoms with E-state index in [0.29, 0.717) is 52.8 Å². The van der Waals surface area contributed by atoms with E-state index in [9.17, 15) is 15.0 Å². The highest BCUT2D eigenvalue weighted by Gasteiger charge is 2.75. The number of rotatable bonds is 4. The average molecular weight is 391 g/mol. The molecule has 0 aliphatic heterocycles. The van der Waals surface area contributed by atoms with Crippen molar-refractivity contribution < 1.29 is 20.1 Å². The first kappa shape index (κ1) is 19.4. The molecule has 4 heteroatoms. The molecule has 11 atom stereocenters. The lowest BCUT2D eigenvalue weighted by molar-refractivity contribution is -0.163. The van der Waals surface area contributed by atoms with Gasteiger partial charge in [0.1, 0.15) is 0 Å². The minimum Gasteiger partial charge on any atom is -0.481 e. The Morgan fingerprint density at radius 1 is 1.04 bits per heavy atom. The van der Waals surface area contributed by atoms with Crippen LogP contribution in [0.4, 0.5) is 0 Å². The topological polar surface area (TPSA) is 77.8 Å². The van der Waals surface area contributed by atoms with Gasteiger partial charge in [-0.15, -0.1) is 0 Å². The summed E-state index contributed by atoms with van der Waals surface area (Å²) < 4.78 is 0. The summed E-state index contributed by atoms with van der Waals surface area (Å²) in [6.45, 7) is 4.75. The molecule has 0 aromatic carbocycles. The molecule has 5 aliphatic rings. The van der Waals surface area contributed by atoms with Gasteiger partial charge in [0.05, 0.1) is 12.2 Å². The van der Waals surface area contributed by atoms with Gasteiger partial charge in [0.25, 0.3) is 0 Å². The van der Waals surface area contributed by atoms with Gasteiger partial charge in [-0.3, -0.25) is 4.79 Å². The first-order chi connectivity index (χ1) is 13.3. The molecule has 0 amide bonds. The SMILES string of the molecule is CC(CCC(=O)O)C1C2CCC3C4C(O)CC5CC(O)CCC5(C)C4CCC321. The highest BCUT2D eigenvalue weighted by atomic mass is 16.4. The Hall–Kier alpha value is -0.610. The highest BCUT2D eigenvalue weighted by Crippen LogP contribution is 2.81. The third-order valence-electron chi connectivity index (χ3n) is 10.7. The van der Waals surface area contributed by atoms with E-state index < -0.39 is 5.97 Å². The van der Waals surface area contributed by atoms with Crippen LogP contribution in [0.15, 0.2) is 0 Å². The number of aliphatic carboxylic acids is 1. The quantitative estimate of drug-likeness (QED) is 0.676. The van der Waals surface area contributed by atoms with Crippen LogP contribution in [-0.2, 0) is 4.79 Å². The van der Waals surface area contributed by atoms with Gasteiger partial charge in [-0.05, 0) is 110 Å². The van der Waals surface area contributed by atoms with Crippen molar-refractivity contribution in [3.8, 4) is 0 Å². The van der Waals surface area contributed by atoms with Gasteiger partial charge in [-0.2, -0.15) is 0 Å². The summed E-state index contributed by atoms with van der Waals surface area (Å²) >= 11 is 0. The molecule has 3 N–H and O–H groups in total. The van der Waals surface area contributed by atoms with E-state index in [1.807, 2.05) is 0 Å². The second-order valence-electron chi connectivity index (χ2n) is 11.5. The molecule has 0 saturated heterocycles. The fourth-order valence-electron chi connectivity index (χ4n) is 9.60. The lowest BCUT2D eigenvalue weighted by Crippen LogP contribution is -2.57. The molecular weight excluding hydrogens is 352 g/mol. The Morgan fingerprint density at radius 2 is 1.79 bits per heavy atom. The van der Waals surface area contributed by atoms with E-state index in [1.165, 1.54) is 25.7 Å². The molecule has 4 nitrogen and oxygen atoms in total. The zero-order valence-corrected chi connectivity index (χ0v) is 17.5. The van der Waals surface area contributed by atoms with Crippen molar-refractivity contribution >= 4 is 5.97 Å². The molecule has 5 aliphatic carbocycles. The molecule has 0 bridgehead atoms. The van der Waals surface area contributed by atoms with Crippen molar-refractivity contribution in [2.24, 2.45) is 52.3 Å². The highest BCUT2D eigenvalue weighted by molar-refractivity contribution is 5.66. The second-order valence-corrected chi connectivity index (χ2v) is 11.5. The van der Waals surface area contributed by atoms with Gasteiger partial charge in [-0.1, -0.05) is 13.8 Å². The molecule has 5 fully saturated rings. The van der Waals surface area contributed by atoms with Gasteiger partial charge >= 0.3 is 5.97 Å². The van der Waals surface area contributed by atoms with Crippen LogP contribution in [0, 0.1) is 52.3 Å². The summed E-state index contributed by atoms with van der Waals surface area (Å²) in [5.74, 6) is 3.47. The zero-order chi connectivity index (χ0) is 19.8. The number of hydrogen-bond acceptors (Lipinski definition) is 3. The Labute approximate surface area is 169 Å². The van der Waals surface area contributed by atoms with Crippen LogP contribution >= 0.6 is 0 Å². The van der Waals surface area contributed by atoms with Crippen molar-refractivity contribution in [3.63, 3.8) is 0 Å². The Morgan fingerprint density at radius 3 is 2.54 bits per heavy atom. The number of hydrogen-bond donors (Lipinski definition) is 3. The number of carboxylic acids is 1. The Balaban J connectivity index is 1.38. The smallest absolute Gasteiger partial charge is 0.303 e. The molecule has 11 unspecified atom stereocenters. The van der Waals surface area contributed by atoms with E-state index >= 15 is 0 Å². The minimum absolute atomic E-state index is 0.171. The van der Waals surface area contributed by atoms with Crippen LogP contribution in [0.5, 0.6) is 0 Å². The lowest BCUT2D eigenvalue weighted by Gasteiger charge is -2.61. The maximum absolute atomic E-state index is 11.3. The third-order valence-corrected chi connectivity index (χ3v) is 10.7. The van der Waals surface area contributed by atoms with Crippen LogP contribution in [0.3, 0.4) is 0 Å². The Bertz CT molecular complexity index is 649. The first-order valence-corrected chi connectivity index (χ1v) is 11.9. The molecule has 0 radical (unpaired) electrons. The van der Waals surface area contributed by atoms with Gasteiger partial charge in [-0.25, -0.2) is 0 Å². The van der Waals surface area contributed by atoms with E-state index in [-0.39, 0.29) is 12.2 Å². The van der Waals surface area contributed by atoms with Gasteiger partial charge < -0.3 is 15.3 Å². The lowest BCUT2D eigenvalue weighted by atomic mass is 9.45. The van der Waals surface area contributed by atoms with Gasteiger partial charge in [0, 0.05) is 6.42 Å². The summed E-state index contributed by atoms with van der Waals surface area (Å²) in [6, 6.07) is 0. The van der Waals surface area contributed by atoms with E-state index in [0.717, 1.165) is 38.0 Å². The van der Waals surface area contributed by atoms with Crippen molar-refractivity contribution in [2.45, 2.75) is 90.3 Å². The summed E-state index contributed by atoms with van der Waals surface area (Å²) in [5.41, 5.74) is 0.708. The van der Waals surface area contributed by atoms with Crippen LogP contribution in [0.2, 0.25) is 0 Å². The van der Waals surface area contributed by atoms with Crippen molar-refractivity contribution in [2.75, 3.05) is 0 Å². The normalized spacial score (nSPS) is 55.4. The second kappa shape index (κ2) is 6.44. The van der Waals surface area contributed by atoms with Crippen molar-refractivity contribution in [3.05, 3.63) is 0 Å². The third kappa shape index (κ3) is 2.52. The summed E-state index contributed by atoms with van der Waals surface area (Å²) in [4.78, 5) is 11.0. The standard InChI is InChI=1S/C24H38O4/c1-13(3-6-20(27)28)22-18-5-4-17-21-16(8-10-24(17,18)22)23(2)9-7-15(25)11-14(23)12-19(21)26/h13-19,21-22,25-26H,3-12H2,1-2H3,(H,27,28). The van der Waals surface area contributed by atoms with E-state index in [4.69, 9.17) is 5.11 Å². The molecule has 0 heterocycles. The predicted octanol–water partition coefficient (Wildman–Crippen LogP) is 4.09. The summed E-state index contributed by atoms with van der Waals surface area (Å²) in [5, 5.41) is 30.6. The maximum Gasteiger partial charge on any atom is 0.303 e. The average Bonchev–Trinajstić information content (AvgIpc) is 3.11. The fourth-order valence-corrected chi connectivity index (χ4v) is 9.60. The number of carbonyl (C=O) groups is 1. The van der Waals surface area contributed by atoms with Gasteiger partial charge in [0.15, 0.2) is 0 Å². The number of carboxylic acid groups (broad SMARTS) is 1. The Kier molecular flexibility index (Phi) is 4.45. The summed E-state index contributed by atoms with van der Waals surface area (Å²) in [7, 11) is 0. The van der Waals surface area contributed by atoms with Crippen molar-refractivity contribution in [1.29, 1.82) is 0 Å². The minimum atomic E-state index is -0.670. The maximum atomic E-state index is 11.3. The van der Waals surface area contributed by atoms with Gasteiger partial charge in [0.2, 0.25) is 0 Å². The number of aliphatic hydroxyl groups excluding tert-OH is 2. The molecule has 0 aromatic heterocycles. The monoisotopic (exact) mass is 390 g/mol. The predicted molar refractivity (Wildman–Crippen MR) is 106 cm³/mol. The van der Waals surface area contributed by atoms with Crippen molar-refractivity contribution in [1.82, 2.24) is 0 Å². The molecule has 0 aromatic rings. The fraction of sp³-hybridized carbons (Fsp3) is 0.958. The van der Waals surface area contributed by atoms with Crippen LogP contribution in [0.25, 0.3) is 0 Å². The number of fused-ring (bicyclic) bond motifs is 4. The van der Waals surface area contributed by atoms with Crippen LogP contribution < -0.4 is 0 Å². The van der Waals surface area contributed by atoms with Crippen LogP contribution in [-0.4, -0.2) is 33.5 Å². The summed E-state index contributed by atoms with van der Waals surface area (Å²) in [6.07, 6.45) is 9.63. The molecular formula is C24H38O4. The molecule has 1 spiro atoms. The van der Waals surface area contributed by atoms with E-state index in [1.54, 1.807) is 0 Å².